The molecule has 3 nitrogen and oxygen atoms in total. The summed E-state index contributed by atoms with van der Waals surface area (Å²) in [6, 6.07) is 18.1. The first kappa shape index (κ1) is 11.5. The van der Waals surface area contributed by atoms with Gasteiger partial charge < -0.3 is 11.1 Å². The van der Waals surface area contributed by atoms with Crippen LogP contribution >= 0.6 is 0 Å². The lowest BCUT2D eigenvalue weighted by molar-refractivity contribution is 1.15. The molecule has 0 aliphatic heterocycles. The van der Waals surface area contributed by atoms with Gasteiger partial charge in [-0.05, 0) is 29.8 Å². The lowest BCUT2D eigenvalue weighted by atomic mass is 10.1. The number of fused-ring (bicyclic) bond motifs is 1. The second kappa shape index (κ2) is 4.98. The Kier molecular flexibility index (Phi) is 3.02. The first-order valence-corrected chi connectivity index (χ1v) is 6.25. The summed E-state index contributed by atoms with van der Waals surface area (Å²) in [5.74, 6) is 0. The number of aromatic nitrogens is 1. The van der Waals surface area contributed by atoms with Crippen LogP contribution in [0.15, 0.2) is 60.8 Å². The summed E-state index contributed by atoms with van der Waals surface area (Å²) in [7, 11) is 0. The van der Waals surface area contributed by atoms with Crippen molar-refractivity contribution in [3.05, 3.63) is 66.4 Å². The van der Waals surface area contributed by atoms with Crippen LogP contribution in [0.5, 0.6) is 0 Å². The number of nitrogen functional groups attached to an aromatic ring is 1. The number of benzene rings is 2. The Balaban J connectivity index is 1.91. The van der Waals surface area contributed by atoms with E-state index in [9.17, 15) is 0 Å². The minimum Gasteiger partial charge on any atom is -0.398 e. The summed E-state index contributed by atoms with van der Waals surface area (Å²) >= 11 is 0. The van der Waals surface area contributed by atoms with Crippen molar-refractivity contribution in [1.29, 1.82) is 0 Å². The zero-order valence-electron chi connectivity index (χ0n) is 10.5. The molecule has 0 unspecified atom stereocenters. The summed E-state index contributed by atoms with van der Waals surface area (Å²) < 4.78 is 0. The van der Waals surface area contributed by atoms with E-state index in [2.05, 4.69) is 22.4 Å². The van der Waals surface area contributed by atoms with Crippen molar-refractivity contribution in [1.82, 2.24) is 4.98 Å². The maximum absolute atomic E-state index is 5.96. The fraction of sp³-hybridized carbons (Fsp3) is 0.0625. The molecule has 2 aromatic carbocycles. The average molecular weight is 249 g/mol. The van der Waals surface area contributed by atoms with Gasteiger partial charge >= 0.3 is 0 Å². The largest absolute Gasteiger partial charge is 0.398 e. The fourth-order valence-electron chi connectivity index (χ4n) is 2.13. The fourth-order valence-corrected chi connectivity index (χ4v) is 2.13. The van der Waals surface area contributed by atoms with Gasteiger partial charge in [-0.1, -0.05) is 30.3 Å². The number of hydrogen-bond donors (Lipinski definition) is 2. The van der Waals surface area contributed by atoms with Crippen LogP contribution in [0.2, 0.25) is 0 Å². The minimum absolute atomic E-state index is 0.758. The molecule has 0 amide bonds. The predicted molar refractivity (Wildman–Crippen MR) is 79.9 cm³/mol. The van der Waals surface area contributed by atoms with Crippen LogP contribution in [-0.4, -0.2) is 4.98 Å². The molecule has 0 saturated heterocycles. The molecule has 0 radical (unpaired) electrons. The molecule has 94 valence electrons. The molecule has 0 spiro atoms. The third-order valence-electron chi connectivity index (χ3n) is 3.13. The van der Waals surface area contributed by atoms with Crippen LogP contribution in [0.25, 0.3) is 10.9 Å². The molecule has 0 saturated carbocycles. The molecule has 19 heavy (non-hydrogen) atoms. The highest BCUT2D eigenvalue weighted by molar-refractivity contribution is 5.98. The second-order valence-electron chi connectivity index (χ2n) is 4.44. The molecule has 0 fully saturated rings. The third kappa shape index (κ3) is 2.36. The van der Waals surface area contributed by atoms with Crippen LogP contribution in [-0.2, 0) is 6.54 Å². The van der Waals surface area contributed by atoms with Crippen LogP contribution in [0.1, 0.15) is 5.56 Å². The highest BCUT2D eigenvalue weighted by Gasteiger charge is 2.04. The standard InChI is InChI=1S/C16H15N3/c17-14-8-9-15(16-13(14)7-4-10-18-16)19-11-12-5-2-1-3-6-12/h1-10,19H,11,17H2. The van der Waals surface area contributed by atoms with Gasteiger partial charge in [0.05, 0.1) is 11.2 Å². The molecule has 1 aromatic heterocycles. The number of nitrogens with two attached hydrogens (primary N) is 1. The maximum atomic E-state index is 5.96. The Morgan fingerprint density at radius 2 is 1.79 bits per heavy atom. The van der Waals surface area contributed by atoms with Crippen LogP contribution in [0, 0.1) is 0 Å². The molecule has 3 aromatic rings. The summed E-state index contributed by atoms with van der Waals surface area (Å²) in [6.07, 6.45) is 1.79. The zero-order chi connectivity index (χ0) is 13.1. The summed E-state index contributed by atoms with van der Waals surface area (Å²) in [5.41, 5.74) is 9.88. The van der Waals surface area contributed by atoms with Crippen molar-refractivity contribution in [3.63, 3.8) is 0 Å². The van der Waals surface area contributed by atoms with E-state index in [0.717, 1.165) is 28.8 Å². The van der Waals surface area contributed by atoms with Crippen LogP contribution in [0.4, 0.5) is 11.4 Å². The van der Waals surface area contributed by atoms with E-state index in [0.29, 0.717) is 0 Å². The molecule has 1 heterocycles. The van der Waals surface area contributed by atoms with Gasteiger partial charge in [-0.25, -0.2) is 0 Å². The van der Waals surface area contributed by atoms with Gasteiger partial charge in [-0.2, -0.15) is 0 Å². The normalized spacial score (nSPS) is 10.5. The number of pyridine rings is 1. The highest BCUT2D eigenvalue weighted by Crippen LogP contribution is 2.26. The van der Waals surface area contributed by atoms with Gasteiger partial charge in [-0.3, -0.25) is 4.98 Å². The average Bonchev–Trinajstić information content (AvgIpc) is 2.48. The van der Waals surface area contributed by atoms with Gasteiger partial charge in [-0.15, -0.1) is 0 Å². The maximum Gasteiger partial charge on any atom is 0.0953 e. The van der Waals surface area contributed by atoms with Gasteiger partial charge in [0, 0.05) is 23.8 Å². The third-order valence-corrected chi connectivity index (χ3v) is 3.13. The number of anilines is 2. The molecule has 3 N–H and O–H groups in total. The summed E-state index contributed by atoms with van der Waals surface area (Å²) in [6.45, 7) is 0.774. The van der Waals surface area contributed by atoms with Gasteiger partial charge in [0.1, 0.15) is 0 Å². The van der Waals surface area contributed by atoms with E-state index in [1.54, 1.807) is 6.20 Å². The molecule has 0 aliphatic rings. The second-order valence-corrected chi connectivity index (χ2v) is 4.44. The topological polar surface area (TPSA) is 50.9 Å². The van der Waals surface area contributed by atoms with Crippen molar-refractivity contribution in [2.75, 3.05) is 11.1 Å². The van der Waals surface area contributed by atoms with E-state index >= 15 is 0 Å². The van der Waals surface area contributed by atoms with E-state index < -0.39 is 0 Å². The Morgan fingerprint density at radius 3 is 2.63 bits per heavy atom. The minimum atomic E-state index is 0.758. The molecule has 0 bridgehead atoms. The van der Waals surface area contributed by atoms with E-state index in [1.807, 2.05) is 42.5 Å². The molecular formula is C16H15N3. The molecule has 3 heteroatoms. The van der Waals surface area contributed by atoms with Crippen molar-refractivity contribution in [3.8, 4) is 0 Å². The predicted octanol–water partition coefficient (Wildman–Crippen LogP) is 3.43. The van der Waals surface area contributed by atoms with Gasteiger partial charge in [0.25, 0.3) is 0 Å². The highest BCUT2D eigenvalue weighted by atomic mass is 14.9. The number of rotatable bonds is 3. The molecule has 3 rings (SSSR count). The number of nitrogens with zero attached hydrogens (tertiary/aromatic N) is 1. The van der Waals surface area contributed by atoms with Crippen molar-refractivity contribution in [2.45, 2.75) is 6.54 Å². The molecule has 0 aliphatic carbocycles. The Hall–Kier alpha value is -2.55. The van der Waals surface area contributed by atoms with Crippen molar-refractivity contribution < 1.29 is 0 Å². The van der Waals surface area contributed by atoms with Gasteiger partial charge in [0.15, 0.2) is 0 Å². The first-order valence-electron chi connectivity index (χ1n) is 6.25. The van der Waals surface area contributed by atoms with Gasteiger partial charge in [0.2, 0.25) is 0 Å². The van der Waals surface area contributed by atoms with Crippen molar-refractivity contribution >= 4 is 22.3 Å². The smallest absolute Gasteiger partial charge is 0.0953 e. The Morgan fingerprint density at radius 1 is 0.947 bits per heavy atom. The molecular weight excluding hydrogens is 234 g/mol. The van der Waals surface area contributed by atoms with E-state index in [1.165, 1.54) is 5.56 Å². The number of nitrogens with one attached hydrogen (secondary N) is 1. The summed E-state index contributed by atoms with van der Waals surface area (Å²) in [4.78, 5) is 4.41. The van der Waals surface area contributed by atoms with E-state index in [-0.39, 0.29) is 0 Å². The summed E-state index contributed by atoms with van der Waals surface area (Å²) in [5, 5.41) is 4.40. The van der Waals surface area contributed by atoms with Crippen LogP contribution < -0.4 is 11.1 Å². The monoisotopic (exact) mass is 249 g/mol. The first-order chi connectivity index (χ1) is 9.34. The van der Waals surface area contributed by atoms with E-state index in [4.69, 9.17) is 5.73 Å². The Labute approximate surface area is 112 Å². The lowest BCUT2D eigenvalue weighted by Gasteiger charge is -2.10. The molecule has 0 atom stereocenters. The van der Waals surface area contributed by atoms with Crippen molar-refractivity contribution in [2.24, 2.45) is 0 Å². The Bertz CT molecular complexity index is 693. The number of hydrogen-bond acceptors (Lipinski definition) is 3. The zero-order valence-corrected chi connectivity index (χ0v) is 10.5. The lowest BCUT2D eigenvalue weighted by Crippen LogP contribution is -2.01. The SMILES string of the molecule is Nc1ccc(NCc2ccccc2)c2ncccc12. The quantitative estimate of drug-likeness (QED) is 0.699. The van der Waals surface area contributed by atoms with Crippen LogP contribution in [0.3, 0.4) is 0 Å².